The van der Waals surface area contributed by atoms with Crippen LogP contribution in [0.3, 0.4) is 0 Å². The van der Waals surface area contributed by atoms with Gasteiger partial charge in [-0.1, -0.05) is 25.1 Å². The predicted molar refractivity (Wildman–Crippen MR) is 104 cm³/mol. The molecule has 9 nitrogen and oxygen atoms in total. The maximum atomic E-state index is 12.6. The van der Waals surface area contributed by atoms with Crippen molar-refractivity contribution in [3.63, 3.8) is 0 Å². The molecule has 29 heavy (non-hydrogen) atoms. The van der Waals surface area contributed by atoms with E-state index < -0.39 is 24.6 Å². The quantitative estimate of drug-likeness (QED) is 0.646. The average Bonchev–Trinajstić information content (AvgIpc) is 3.19. The second-order valence-corrected chi connectivity index (χ2v) is 6.83. The molecule has 3 rings (SSSR count). The Hall–Kier alpha value is -2.62. The largest absolute Gasteiger partial charge is 0.456 e. The summed E-state index contributed by atoms with van der Waals surface area (Å²) in [7, 11) is 0. The predicted octanol–water partition coefficient (Wildman–Crippen LogP) is 1.92. The summed E-state index contributed by atoms with van der Waals surface area (Å²) in [5, 5.41) is 23.4. The molecule has 2 heterocycles. The van der Waals surface area contributed by atoms with Crippen LogP contribution in [0.1, 0.15) is 26.2 Å². The summed E-state index contributed by atoms with van der Waals surface area (Å²) >= 11 is 0. The number of carbonyl (C=O) groups is 1. The number of ether oxygens (including phenoxy) is 3. The van der Waals surface area contributed by atoms with Crippen molar-refractivity contribution >= 4 is 6.09 Å². The van der Waals surface area contributed by atoms with Crippen LogP contribution in [0.15, 0.2) is 42.6 Å². The molecule has 0 bridgehead atoms. The van der Waals surface area contributed by atoms with Gasteiger partial charge in [-0.05, 0) is 18.6 Å². The Labute approximate surface area is 169 Å². The smallest absolute Gasteiger partial charge is 0.414 e. The number of hydrogen-bond acceptors (Lipinski definition) is 7. The third-order valence-corrected chi connectivity index (χ3v) is 4.51. The maximum absolute atomic E-state index is 12.6. The van der Waals surface area contributed by atoms with Gasteiger partial charge in [0.1, 0.15) is 0 Å². The van der Waals surface area contributed by atoms with Crippen molar-refractivity contribution in [2.24, 2.45) is 0 Å². The molecule has 1 aromatic carbocycles. The molecule has 0 aliphatic carbocycles. The second-order valence-electron chi connectivity index (χ2n) is 6.83. The van der Waals surface area contributed by atoms with Gasteiger partial charge in [0.15, 0.2) is 6.73 Å². The van der Waals surface area contributed by atoms with Crippen molar-refractivity contribution in [1.29, 1.82) is 0 Å². The molecule has 0 saturated carbocycles. The highest BCUT2D eigenvalue weighted by Gasteiger charge is 2.31. The molecule has 1 aliphatic rings. The first-order chi connectivity index (χ1) is 14.1. The van der Waals surface area contributed by atoms with Crippen molar-refractivity contribution in [1.82, 2.24) is 14.7 Å². The van der Waals surface area contributed by atoms with Crippen LogP contribution in [0.2, 0.25) is 0 Å². The molecule has 1 aliphatic heterocycles. The molecule has 1 saturated heterocycles. The summed E-state index contributed by atoms with van der Waals surface area (Å²) in [5.74, 6) is 0.495. The number of para-hydroxylation sites is 1. The fourth-order valence-corrected chi connectivity index (χ4v) is 3.11. The van der Waals surface area contributed by atoms with Gasteiger partial charge < -0.3 is 24.4 Å². The summed E-state index contributed by atoms with van der Waals surface area (Å²) in [6, 6.07) is 11.2. The fraction of sp³-hybridized carbons (Fsp3) is 0.500. The minimum absolute atomic E-state index is 0.0239. The molecule has 2 aromatic rings. The van der Waals surface area contributed by atoms with E-state index in [0.717, 1.165) is 5.69 Å². The molecule has 2 N–H and O–H groups in total. The number of carbonyl (C=O) groups excluding carboxylic acids is 1. The molecule has 1 amide bonds. The highest BCUT2D eigenvalue weighted by atomic mass is 16.7. The number of nitrogens with zero attached hydrogens (tertiary/aromatic N) is 3. The molecule has 0 radical (unpaired) electrons. The van der Waals surface area contributed by atoms with Gasteiger partial charge in [0.25, 0.3) is 0 Å². The van der Waals surface area contributed by atoms with E-state index in [0.29, 0.717) is 25.3 Å². The number of aromatic nitrogens is 2. The minimum Gasteiger partial charge on any atom is -0.456 e. The summed E-state index contributed by atoms with van der Waals surface area (Å²) < 4.78 is 18.3. The van der Waals surface area contributed by atoms with Gasteiger partial charge in [-0.2, -0.15) is 5.10 Å². The molecule has 158 valence electrons. The summed E-state index contributed by atoms with van der Waals surface area (Å²) in [5.41, 5.74) is 0.844. The molecule has 1 aromatic heterocycles. The molecular formula is C20H27N3O6. The van der Waals surface area contributed by atoms with Crippen molar-refractivity contribution in [2.75, 3.05) is 19.9 Å². The third kappa shape index (κ3) is 5.69. The van der Waals surface area contributed by atoms with Crippen LogP contribution in [0.25, 0.3) is 5.69 Å². The Morgan fingerprint density at radius 2 is 2.10 bits per heavy atom. The van der Waals surface area contributed by atoms with Crippen molar-refractivity contribution in [3.05, 3.63) is 42.6 Å². The zero-order chi connectivity index (χ0) is 20.6. The number of amides is 1. The van der Waals surface area contributed by atoms with Crippen LogP contribution in [0.5, 0.6) is 5.88 Å². The second kappa shape index (κ2) is 10.2. The summed E-state index contributed by atoms with van der Waals surface area (Å²) in [6.45, 7) is 2.11. The van der Waals surface area contributed by atoms with Crippen LogP contribution in [0.4, 0.5) is 4.79 Å². The maximum Gasteiger partial charge on any atom is 0.414 e. The highest BCUT2D eigenvalue weighted by Crippen LogP contribution is 2.21. The zero-order valence-corrected chi connectivity index (χ0v) is 16.4. The highest BCUT2D eigenvalue weighted by molar-refractivity contribution is 5.67. The Kier molecular flexibility index (Phi) is 7.45. The monoisotopic (exact) mass is 405 g/mol. The van der Waals surface area contributed by atoms with Gasteiger partial charge in [0.05, 0.1) is 30.7 Å². The number of rotatable bonds is 8. The van der Waals surface area contributed by atoms with Gasteiger partial charge >= 0.3 is 6.09 Å². The van der Waals surface area contributed by atoms with E-state index in [-0.39, 0.29) is 19.8 Å². The molecule has 0 spiro atoms. The van der Waals surface area contributed by atoms with Gasteiger partial charge in [-0.25, -0.2) is 9.48 Å². The first kappa shape index (κ1) is 21.1. The Bertz CT molecular complexity index is 769. The van der Waals surface area contributed by atoms with Crippen LogP contribution < -0.4 is 4.74 Å². The van der Waals surface area contributed by atoms with Crippen molar-refractivity contribution in [3.8, 4) is 11.6 Å². The molecule has 1 fully saturated rings. The van der Waals surface area contributed by atoms with E-state index in [4.69, 9.17) is 14.2 Å². The number of aliphatic hydroxyl groups is 2. The topological polar surface area (TPSA) is 106 Å². The van der Waals surface area contributed by atoms with E-state index >= 15 is 0 Å². The van der Waals surface area contributed by atoms with Crippen LogP contribution >= 0.6 is 0 Å². The zero-order valence-electron chi connectivity index (χ0n) is 16.4. The lowest BCUT2D eigenvalue weighted by Gasteiger charge is -2.33. The van der Waals surface area contributed by atoms with E-state index in [9.17, 15) is 15.0 Å². The summed E-state index contributed by atoms with van der Waals surface area (Å²) in [6.07, 6.45) is 0.0779. The van der Waals surface area contributed by atoms with E-state index in [1.807, 2.05) is 37.3 Å². The Morgan fingerprint density at radius 3 is 2.83 bits per heavy atom. The van der Waals surface area contributed by atoms with Crippen LogP contribution in [-0.4, -0.2) is 69.4 Å². The van der Waals surface area contributed by atoms with Crippen molar-refractivity contribution in [2.45, 2.75) is 44.7 Å². The van der Waals surface area contributed by atoms with Crippen LogP contribution in [-0.2, 0) is 9.47 Å². The molecular weight excluding hydrogens is 378 g/mol. The van der Waals surface area contributed by atoms with Gasteiger partial charge in [-0.3, -0.25) is 4.90 Å². The van der Waals surface area contributed by atoms with Gasteiger partial charge in [0.2, 0.25) is 12.2 Å². The van der Waals surface area contributed by atoms with Gasteiger partial charge in [0, 0.05) is 25.5 Å². The van der Waals surface area contributed by atoms with E-state index in [1.165, 1.54) is 4.90 Å². The fourth-order valence-electron chi connectivity index (χ4n) is 3.11. The Morgan fingerprint density at radius 1 is 1.31 bits per heavy atom. The lowest BCUT2D eigenvalue weighted by molar-refractivity contribution is -0.201. The standard InChI is InChI=1S/C20H27N3O6/c1-2-10-22(20(26)29-19-12-16(25)11-17(13-24)28-19)14-27-18-8-9-21-23(18)15-6-4-3-5-7-15/h3-9,16-17,19,24-25H,2,10-14H2,1H3/t16-,17-,19-/m0/s1. The molecule has 3 atom stereocenters. The molecule has 0 unspecified atom stereocenters. The SMILES string of the molecule is CCCN(COc1ccnn1-c1ccccc1)C(=O)O[C@H]1C[C@@H](O)C[C@@H](CO)O1. The normalized spacial score (nSPS) is 21.6. The number of aliphatic hydroxyl groups excluding tert-OH is 2. The minimum atomic E-state index is -0.905. The first-order valence-electron chi connectivity index (χ1n) is 9.73. The summed E-state index contributed by atoms with van der Waals surface area (Å²) in [4.78, 5) is 14.0. The number of hydrogen-bond donors (Lipinski definition) is 2. The van der Waals surface area contributed by atoms with Crippen molar-refractivity contribution < 1.29 is 29.2 Å². The third-order valence-electron chi connectivity index (χ3n) is 4.51. The van der Waals surface area contributed by atoms with Crippen LogP contribution in [0, 0.1) is 0 Å². The van der Waals surface area contributed by atoms with Gasteiger partial charge in [-0.15, -0.1) is 0 Å². The molecule has 9 heteroatoms. The lowest BCUT2D eigenvalue weighted by atomic mass is 10.1. The Balaban J connectivity index is 1.60. The van der Waals surface area contributed by atoms with E-state index in [2.05, 4.69) is 5.10 Å². The van der Waals surface area contributed by atoms with E-state index in [1.54, 1.807) is 16.9 Å². The first-order valence-corrected chi connectivity index (χ1v) is 9.73. The number of benzene rings is 1. The lowest BCUT2D eigenvalue weighted by Crippen LogP contribution is -2.43. The average molecular weight is 405 g/mol.